The Balaban J connectivity index is 2.32. The Hall–Kier alpha value is -0.970. The van der Waals surface area contributed by atoms with Crippen molar-refractivity contribution in [3.05, 3.63) is 40.6 Å². The molecule has 82 valence electrons. The largest absolute Gasteiger partial charge is 0.398 e. The molecule has 0 spiro atoms. The van der Waals surface area contributed by atoms with Crippen molar-refractivity contribution in [3.8, 4) is 0 Å². The fourth-order valence-electron chi connectivity index (χ4n) is 1.07. The van der Waals surface area contributed by atoms with Crippen molar-refractivity contribution in [1.82, 2.24) is 9.97 Å². The Morgan fingerprint density at radius 3 is 2.38 bits per heavy atom. The van der Waals surface area contributed by atoms with Gasteiger partial charge in [0, 0.05) is 23.0 Å². The SMILES string of the molecule is Nc1cc(Cl)c(Cl)cc1Sc1ncccn1. The second-order valence-corrected chi connectivity index (χ2v) is 4.76. The van der Waals surface area contributed by atoms with E-state index in [9.17, 15) is 0 Å². The summed E-state index contributed by atoms with van der Waals surface area (Å²) < 4.78 is 0. The molecule has 0 radical (unpaired) electrons. The van der Waals surface area contributed by atoms with Crippen LogP contribution in [0.5, 0.6) is 0 Å². The molecule has 2 aromatic rings. The van der Waals surface area contributed by atoms with E-state index < -0.39 is 0 Å². The predicted molar refractivity (Wildman–Crippen MR) is 67.0 cm³/mol. The van der Waals surface area contributed by atoms with E-state index in [0.29, 0.717) is 20.9 Å². The minimum atomic E-state index is 0.442. The molecule has 0 aliphatic heterocycles. The molecule has 0 unspecified atom stereocenters. The molecule has 2 rings (SSSR count). The number of hydrogen-bond donors (Lipinski definition) is 1. The standard InChI is InChI=1S/C10H7Cl2N3S/c11-6-4-8(13)9(5-7(6)12)16-10-14-2-1-3-15-10/h1-5H,13H2. The van der Waals surface area contributed by atoms with Crippen LogP contribution < -0.4 is 5.73 Å². The highest BCUT2D eigenvalue weighted by Gasteiger charge is 2.07. The van der Waals surface area contributed by atoms with Gasteiger partial charge < -0.3 is 5.73 Å². The summed E-state index contributed by atoms with van der Waals surface area (Å²) in [7, 11) is 0. The minimum Gasteiger partial charge on any atom is -0.398 e. The molecule has 3 nitrogen and oxygen atoms in total. The molecular weight excluding hydrogens is 265 g/mol. The Labute approximate surface area is 107 Å². The van der Waals surface area contributed by atoms with Crippen LogP contribution in [0, 0.1) is 0 Å². The maximum atomic E-state index is 5.91. The van der Waals surface area contributed by atoms with E-state index in [1.807, 2.05) is 0 Å². The van der Waals surface area contributed by atoms with E-state index >= 15 is 0 Å². The summed E-state index contributed by atoms with van der Waals surface area (Å²) in [5, 5.41) is 1.53. The van der Waals surface area contributed by atoms with Gasteiger partial charge in [0.15, 0.2) is 5.16 Å². The maximum absolute atomic E-state index is 5.91. The molecule has 0 atom stereocenters. The van der Waals surface area contributed by atoms with Gasteiger partial charge in [0.05, 0.1) is 10.0 Å². The monoisotopic (exact) mass is 271 g/mol. The number of anilines is 1. The van der Waals surface area contributed by atoms with Crippen molar-refractivity contribution in [2.75, 3.05) is 5.73 Å². The molecule has 1 heterocycles. The van der Waals surface area contributed by atoms with Crippen molar-refractivity contribution < 1.29 is 0 Å². The van der Waals surface area contributed by atoms with Crippen LogP contribution >= 0.6 is 35.0 Å². The van der Waals surface area contributed by atoms with Gasteiger partial charge in [0.2, 0.25) is 0 Å². The molecule has 0 fully saturated rings. The van der Waals surface area contributed by atoms with Gasteiger partial charge in [-0.25, -0.2) is 9.97 Å². The topological polar surface area (TPSA) is 51.8 Å². The second-order valence-electron chi connectivity index (χ2n) is 2.94. The van der Waals surface area contributed by atoms with Gasteiger partial charge in [-0.2, -0.15) is 0 Å². The molecule has 0 saturated heterocycles. The van der Waals surface area contributed by atoms with Crippen LogP contribution in [0.15, 0.2) is 40.6 Å². The van der Waals surface area contributed by atoms with Crippen LogP contribution in [0.4, 0.5) is 5.69 Å². The summed E-state index contributed by atoms with van der Waals surface area (Å²) in [5.41, 5.74) is 6.38. The zero-order valence-electron chi connectivity index (χ0n) is 8.02. The molecule has 6 heteroatoms. The first kappa shape index (κ1) is 11.5. The third kappa shape index (κ3) is 2.58. The molecule has 0 amide bonds. The highest BCUT2D eigenvalue weighted by molar-refractivity contribution is 7.99. The molecule has 0 bridgehead atoms. The van der Waals surface area contributed by atoms with Gasteiger partial charge in [-0.15, -0.1) is 0 Å². The molecular formula is C10H7Cl2N3S. The zero-order chi connectivity index (χ0) is 11.5. The highest BCUT2D eigenvalue weighted by atomic mass is 35.5. The first-order valence-corrected chi connectivity index (χ1v) is 5.93. The maximum Gasteiger partial charge on any atom is 0.192 e. The Morgan fingerprint density at radius 2 is 1.69 bits per heavy atom. The van der Waals surface area contributed by atoms with Crippen molar-refractivity contribution in [2.45, 2.75) is 10.1 Å². The van der Waals surface area contributed by atoms with Gasteiger partial charge >= 0.3 is 0 Å². The third-order valence-electron chi connectivity index (χ3n) is 1.80. The smallest absolute Gasteiger partial charge is 0.192 e. The van der Waals surface area contributed by atoms with E-state index in [2.05, 4.69) is 9.97 Å². The number of nitrogens with two attached hydrogens (primary N) is 1. The molecule has 0 aliphatic rings. The molecule has 0 saturated carbocycles. The van der Waals surface area contributed by atoms with Gasteiger partial charge in [0.1, 0.15) is 0 Å². The Bertz CT molecular complexity index is 505. The molecule has 1 aromatic carbocycles. The number of aromatic nitrogens is 2. The molecule has 1 aromatic heterocycles. The molecule has 0 aliphatic carbocycles. The minimum absolute atomic E-state index is 0.442. The lowest BCUT2D eigenvalue weighted by molar-refractivity contribution is 0.967. The summed E-state index contributed by atoms with van der Waals surface area (Å²) in [6.45, 7) is 0. The fraction of sp³-hybridized carbons (Fsp3) is 0. The first-order chi connectivity index (χ1) is 7.66. The fourth-order valence-corrected chi connectivity index (χ4v) is 2.25. The highest BCUT2D eigenvalue weighted by Crippen LogP contribution is 2.35. The number of benzene rings is 1. The van der Waals surface area contributed by atoms with Crippen LogP contribution in [0.2, 0.25) is 10.0 Å². The predicted octanol–water partition coefficient (Wildman–Crippen LogP) is 3.52. The third-order valence-corrected chi connectivity index (χ3v) is 3.49. The van der Waals surface area contributed by atoms with Crippen molar-refractivity contribution in [3.63, 3.8) is 0 Å². The van der Waals surface area contributed by atoms with Crippen LogP contribution in [0.3, 0.4) is 0 Å². The summed E-state index contributed by atoms with van der Waals surface area (Å²) in [5.74, 6) is 0. The average Bonchev–Trinajstić information content (AvgIpc) is 2.27. The summed E-state index contributed by atoms with van der Waals surface area (Å²) in [6, 6.07) is 5.08. The summed E-state index contributed by atoms with van der Waals surface area (Å²) >= 11 is 13.1. The Morgan fingerprint density at radius 1 is 1.06 bits per heavy atom. The van der Waals surface area contributed by atoms with Crippen LogP contribution in [-0.4, -0.2) is 9.97 Å². The van der Waals surface area contributed by atoms with Gasteiger partial charge in [0.25, 0.3) is 0 Å². The summed E-state index contributed by atoms with van der Waals surface area (Å²) in [4.78, 5) is 8.97. The van der Waals surface area contributed by atoms with Gasteiger partial charge in [-0.05, 0) is 30.0 Å². The normalized spacial score (nSPS) is 10.4. The number of hydrogen-bond acceptors (Lipinski definition) is 4. The molecule has 2 N–H and O–H groups in total. The average molecular weight is 272 g/mol. The lowest BCUT2D eigenvalue weighted by Crippen LogP contribution is -1.90. The molecule has 16 heavy (non-hydrogen) atoms. The van der Waals surface area contributed by atoms with E-state index in [-0.39, 0.29) is 0 Å². The van der Waals surface area contributed by atoms with Crippen molar-refractivity contribution in [1.29, 1.82) is 0 Å². The zero-order valence-corrected chi connectivity index (χ0v) is 10.4. The van der Waals surface area contributed by atoms with E-state index in [1.165, 1.54) is 11.8 Å². The van der Waals surface area contributed by atoms with Crippen LogP contribution in [0.1, 0.15) is 0 Å². The van der Waals surface area contributed by atoms with E-state index in [4.69, 9.17) is 28.9 Å². The summed E-state index contributed by atoms with van der Waals surface area (Å²) in [6.07, 6.45) is 3.34. The van der Waals surface area contributed by atoms with Gasteiger partial charge in [-0.1, -0.05) is 23.2 Å². The van der Waals surface area contributed by atoms with E-state index in [0.717, 1.165) is 4.90 Å². The Kier molecular flexibility index (Phi) is 3.53. The number of nitrogen functional groups attached to an aromatic ring is 1. The first-order valence-electron chi connectivity index (χ1n) is 4.36. The second kappa shape index (κ2) is 4.91. The number of rotatable bonds is 2. The van der Waals surface area contributed by atoms with E-state index in [1.54, 1.807) is 30.6 Å². The lowest BCUT2D eigenvalue weighted by Gasteiger charge is -2.05. The van der Waals surface area contributed by atoms with Gasteiger partial charge in [-0.3, -0.25) is 0 Å². The number of nitrogens with zero attached hydrogens (tertiary/aromatic N) is 2. The quantitative estimate of drug-likeness (QED) is 0.671. The van der Waals surface area contributed by atoms with Crippen LogP contribution in [-0.2, 0) is 0 Å². The lowest BCUT2D eigenvalue weighted by atomic mass is 10.3. The van der Waals surface area contributed by atoms with Crippen molar-refractivity contribution in [2.24, 2.45) is 0 Å². The van der Waals surface area contributed by atoms with Crippen molar-refractivity contribution >= 4 is 40.7 Å². The number of halogens is 2. The van der Waals surface area contributed by atoms with Crippen LogP contribution in [0.25, 0.3) is 0 Å².